The highest BCUT2D eigenvalue weighted by Gasteiger charge is 2.03. The van der Waals surface area contributed by atoms with Crippen LogP contribution in [-0.2, 0) is 4.74 Å². The van der Waals surface area contributed by atoms with E-state index in [0.29, 0.717) is 24.8 Å². The van der Waals surface area contributed by atoms with Crippen molar-refractivity contribution in [2.24, 2.45) is 0 Å². The molecule has 0 aliphatic carbocycles. The zero-order chi connectivity index (χ0) is 11.8. The van der Waals surface area contributed by atoms with Crippen molar-refractivity contribution in [1.29, 1.82) is 0 Å². The third-order valence-corrected chi connectivity index (χ3v) is 1.60. The van der Waals surface area contributed by atoms with Crippen molar-refractivity contribution in [3.8, 4) is 0 Å². The van der Waals surface area contributed by atoms with E-state index in [1.54, 1.807) is 25.1 Å². The fourth-order valence-electron chi connectivity index (χ4n) is 0.942. The molecule has 1 aromatic rings. The van der Waals surface area contributed by atoms with Gasteiger partial charge in [0.2, 0.25) is 0 Å². The lowest BCUT2D eigenvalue weighted by Gasteiger charge is -2.04. The number of carbonyl (C=O) groups is 1. The molecule has 0 atom stereocenters. The Morgan fingerprint density at radius 3 is 2.75 bits per heavy atom. The van der Waals surface area contributed by atoms with Crippen molar-refractivity contribution >= 4 is 17.7 Å². The number of aromatic nitrogens is 2. The van der Waals surface area contributed by atoms with Crippen molar-refractivity contribution in [3.05, 3.63) is 24.8 Å². The second kappa shape index (κ2) is 6.39. The number of amides is 1. The predicted octanol–water partition coefficient (Wildman–Crippen LogP) is 1.64. The maximum absolute atomic E-state index is 11.0. The first-order chi connectivity index (χ1) is 7.76. The third-order valence-electron chi connectivity index (χ3n) is 1.60. The van der Waals surface area contributed by atoms with Gasteiger partial charge in [-0.25, -0.2) is 4.79 Å². The molecule has 1 rings (SSSR count). The first-order valence-corrected chi connectivity index (χ1v) is 4.88. The van der Waals surface area contributed by atoms with Crippen LogP contribution in [0.2, 0.25) is 0 Å². The zero-order valence-electron chi connectivity index (χ0n) is 9.06. The second-order valence-electron chi connectivity index (χ2n) is 2.82. The van der Waals surface area contributed by atoms with Crippen LogP contribution in [0.15, 0.2) is 24.8 Å². The monoisotopic (exact) mass is 222 g/mol. The lowest BCUT2D eigenvalue weighted by molar-refractivity contribution is 0.168. The lowest BCUT2D eigenvalue weighted by atomic mass is 10.5. The number of carbonyl (C=O) groups excluding carboxylic acids is 1. The molecule has 6 nitrogen and oxygen atoms in total. The Kier molecular flexibility index (Phi) is 4.78. The Morgan fingerprint density at radius 2 is 2.19 bits per heavy atom. The summed E-state index contributed by atoms with van der Waals surface area (Å²) >= 11 is 0. The summed E-state index contributed by atoms with van der Waals surface area (Å²) in [6.07, 6.45) is 1.18. The molecule has 86 valence electrons. The van der Waals surface area contributed by atoms with Gasteiger partial charge in [0, 0.05) is 6.54 Å². The fourth-order valence-corrected chi connectivity index (χ4v) is 0.942. The summed E-state index contributed by atoms with van der Waals surface area (Å²) in [5.74, 6) is 0.969. The van der Waals surface area contributed by atoms with Crippen LogP contribution in [0.3, 0.4) is 0 Å². The smallest absolute Gasteiger partial charge is 0.412 e. The van der Waals surface area contributed by atoms with Gasteiger partial charge in [-0.2, -0.15) is 0 Å². The molecule has 1 heterocycles. The fraction of sp³-hybridized carbons (Fsp3) is 0.300. The predicted molar refractivity (Wildman–Crippen MR) is 61.4 cm³/mol. The average molecular weight is 222 g/mol. The molecule has 16 heavy (non-hydrogen) atoms. The Labute approximate surface area is 93.7 Å². The van der Waals surface area contributed by atoms with E-state index in [1.807, 2.05) is 0 Å². The van der Waals surface area contributed by atoms with E-state index in [9.17, 15) is 4.79 Å². The van der Waals surface area contributed by atoms with E-state index in [1.165, 1.54) is 0 Å². The Balaban J connectivity index is 2.50. The van der Waals surface area contributed by atoms with Crippen LogP contribution in [0, 0.1) is 0 Å². The summed E-state index contributed by atoms with van der Waals surface area (Å²) in [7, 11) is 0. The number of rotatable bonds is 5. The summed E-state index contributed by atoms with van der Waals surface area (Å²) in [5.41, 5.74) is 0. The molecular weight excluding hydrogens is 208 g/mol. The maximum atomic E-state index is 11.0. The Morgan fingerprint density at radius 1 is 1.50 bits per heavy atom. The Hall–Kier alpha value is -2.11. The quantitative estimate of drug-likeness (QED) is 0.741. The van der Waals surface area contributed by atoms with E-state index in [-0.39, 0.29) is 0 Å². The molecule has 0 saturated heterocycles. The molecule has 1 amide bonds. The first-order valence-electron chi connectivity index (χ1n) is 4.88. The van der Waals surface area contributed by atoms with Gasteiger partial charge in [-0.15, -0.1) is 16.8 Å². The second-order valence-corrected chi connectivity index (χ2v) is 2.82. The minimum atomic E-state index is -0.538. The minimum Gasteiger partial charge on any atom is -0.450 e. The van der Waals surface area contributed by atoms with Crippen LogP contribution in [0.5, 0.6) is 0 Å². The van der Waals surface area contributed by atoms with E-state index < -0.39 is 6.09 Å². The molecule has 6 heteroatoms. The van der Waals surface area contributed by atoms with Crippen LogP contribution in [-0.4, -0.2) is 29.4 Å². The van der Waals surface area contributed by atoms with E-state index in [4.69, 9.17) is 4.74 Å². The van der Waals surface area contributed by atoms with Crippen molar-refractivity contribution in [2.75, 3.05) is 23.8 Å². The third kappa shape index (κ3) is 3.95. The summed E-state index contributed by atoms with van der Waals surface area (Å²) in [5, 5.41) is 13.1. The topological polar surface area (TPSA) is 76.1 Å². The molecule has 2 N–H and O–H groups in total. The highest BCUT2D eigenvalue weighted by molar-refractivity contribution is 5.83. The minimum absolute atomic E-state index is 0.318. The van der Waals surface area contributed by atoms with Gasteiger partial charge in [-0.1, -0.05) is 6.08 Å². The molecule has 0 aliphatic rings. The van der Waals surface area contributed by atoms with Gasteiger partial charge in [-0.3, -0.25) is 5.32 Å². The molecule has 0 fully saturated rings. The van der Waals surface area contributed by atoms with Gasteiger partial charge in [-0.05, 0) is 19.1 Å². The van der Waals surface area contributed by atoms with E-state index in [0.717, 1.165) is 0 Å². The van der Waals surface area contributed by atoms with E-state index >= 15 is 0 Å². The number of nitrogens with zero attached hydrogens (tertiary/aromatic N) is 2. The van der Waals surface area contributed by atoms with Crippen LogP contribution < -0.4 is 10.6 Å². The van der Waals surface area contributed by atoms with Crippen LogP contribution in [0.25, 0.3) is 0 Å². The maximum Gasteiger partial charge on any atom is 0.412 e. The molecule has 0 bridgehead atoms. The molecule has 0 aliphatic heterocycles. The number of hydrogen-bond acceptors (Lipinski definition) is 5. The highest BCUT2D eigenvalue weighted by Crippen LogP contribution is 2.05. The largest absolute Gasteiger partial charge is 0.450 e. The summed E-state index contributed by atoms with van der Waals surface area (Å²) in [6.45, 7) is 6.23. The number of nitrogens with one attached hydrogen (secondary N) is 2. The highest BCUT2D eigenvalue weighted by atomic mass is 16.5. The molecule has 1 aromatic heterocycles. The molecule has 0 radical (unpaired) electrons. The molecular formula is C10H14N4O2. The zero-order valence-corrected chi connectivity index (χ0v) is 9.06. The summed E-state index contributed by atoms with van der Waals surface area (Å²) in [4.78, 5) is 11.0. The van der Waals surface area contributed by atoms with Crippen molar-refractivity contribution in [1.82, 2.24) is 10.2 Å². The molecule has 0 spiro atoms. The Bertz CT molecular complexity index is 350. The lowest BCUT2D eigenvalue weighted by Crippen LogP contribution is -2.14. The first kappa shape index (κ1) is 12.0. The summed E-state index contributed by atoms with van der Waals surface area (Å²) in [6, 6.07) is 3.34. The SMILES string of the molecule is C=CCNc1ccc(NC(=O)OCC)nn1. The van der Waals surface area contributed by atoms with Gasteiger partial charge in [0.1, 0.15) is 5.82 Å². The van der Waals surface area contributed by atoms with Gasteiger partial charge >= 0.3 is 6.09 Å². The van der Waals surface area contributed by atoms with Gasteiger partial charge in [0.15, 0.2) is 5.82 Å². The van der Waals surface area contributed by atoms with Crippen LogP contribution in [0.1, 0.15) is 6.92 Å². The standard InChI is InChI=1S/C10H14N4O2/c1-3-7-11-8-5-6-9(14-13-8)12-10(15)16-4-2/h3,5-6H,1,4,7H2,2H3,(H,11,13)(H,12,14,15). The van der Waals surface area contributed by atoms with E-state index in [2.05, 4.69) is 27.4 Å². The van der Waals surface area contributed by atoms with Crippen molar-refractivity contribution in [3.63, 3.8) is 0 Å². The number of anilines is 2. The van der Waals surface area contributed by atoms with Crippen molar-refractivity contribution in [2.45, 2.75) is 6.92 Å². The summed E-state index contributed by atoms with van der Waals surface area (Å²) < 4.78 is 4.69. The number of ether oxygens (including phenoxy) is 1. The normalized spacial score (nSPS) is 9.31. The van der Waals surface area contributed by atoms with Crippen LogP contribution in [0.4, 0.5) is 16.4 Å². The van der Waals surface area contributed by atoms with Gasteiger partial charge < -0.3 is 10.1 Å². The molecule has 0 unspecified atom stereocenters. The van der Waals surface area contributed by atoms with Crippen molar-refractivity contribution < 1.29 is 9.53 Å². The molecule has 0 saturated carbocycles. The van der Waals surface area contributed by atoms with Gasteiger partial charge in [0.05, 0.1) is 6.61 Å². The molecule has 0 aromatic carbocycles. The average Bonchev–Trinajstić information content (AvgIpc) is 2.28. The van der Waals surface area contributed by atoms with Crippen LogP contribution >= 0.6 is 0 Å². The van der Waals surface area contributed by atoms with Gasteiger partial charge in [0.25, 0.3) is 0 Å². The number of hydrogen-bond donors (Lipinski definition) is 2.